The molecule has 0 spiro atoms. The van der Waals surface area contributed by atoms with Crippen molar-refractivity contribution in [1.29, 1.82) is 0 Å². The maximum atomic E-state index is 13.5. The first-order chi connectivity index (χ1) is 14.7. The second-order valence-electron chi connectivity index (χ2n) is 7.62. The number of carbonyl (C=O) groups excluding carboxylic acids is 1. The smallest absolute Gasteiger partial charge is 0.286 e. The molecule has 0 unspecified atom stereocenters. The van der Waals surface area contributed by atoms with E-state index in [1.807, 2.05) is 19.1 Å². The van der Waals surface area contributed by atoms with Crippen LogP contribution in [0.2, 0.25) is 0 Å². The Hall–Kier alpha value is -3.19. The summed E-state index contributed by atoms with van der Waals surface area (Å²) in [5.74, 6) is -3.24. The molecule has 0 radical (unpaired) electrons. The third-order valence-electron chi connectivity index (χ3n) is 5.08. The van der Waals surface area contributed by atoms with Gasteiger partial charge in [0.2, 0.25) is 0 Å². The highest BCUT2D eigenvalue weighted by atomic mass is 19.3. The lowest BCUT2D eigenvalue weighted by atomic mass is 9.93. The van der Waals surface area contributed by atoms with E-state index in [1.165, 1.54) is 17.8 Å². The highest BCUT2D eigenvalue weighted by Crippen LogP contribution is 2.29. The zero-order chi connectivity index (χ0) is 22.6. The van der Waals surface area contributed by atoms with Crippen LogP contribution in [-0.4, -0.2) is 30.8 Å². The summed E-state index contributed by atoms with van der Waals surface area (Å²) in [7, 11) is 0. The molecule has 1 fully saturated rings. The Morgan fingerprint density at radius 1 is 1.26 bits per heavy atom. The number of hydrogen-bond donors (Lipinski definition) is 1. The number of benzene rings is 1. The molecule has 0 atom stereocenters. The Kier molecular flexibility index (Phi) is 6.75. The number of ether oxygens (including phenoxy) is 1. The van der Waals surface area contributed by atoms with E-state index in [2.05, 4.69) is 34.1 Å². The van der Waals surface area contributed by atoms with Crippen LogP contribution in [0.3, 0.4) is 0 Å². The summed E-state index contributed by atoms with van der Waals surface area (Å²) in [5, 5.41) is 2.75. The van der Waals surface area contributed by atoms with E-state index >= 15 is 0 Å². The lowest BCUT2D eigenvalue weighted by Crippen LogP contribution is -2.25. The zero-order valence-corrected chi connectivity index (χ0v) is 17.8. The van der Waals surface area contributed by atoms with Gasteiger partial charge in [-0.15, -0.1) is 0 Å². The fourth-order valence-corrected chi connectivity index (χ4v) is 3.19. The van der Waals surface area contributed by atoms with Gasteiger partial charge < -0.3 is 10.1 Å². The molecule has 7 heteroatoms. The first-order valence-electron chi connectivity index (χ1n) is 9.88. The van der Waals surface area contributed by atoms with E-state index in [-0.39, 0.29) is 5.56 Å². The molecule has 31 heavy (non-hydrogen) atoms. The maximum absolute atomic E-state index is 13.5. The van der Waals surface area contributed by atoms with Crippen molar-refractivity contribution in [3.05, 3.63) is 82.4 Å². The minimum atomic E-state index is -3.12. The van der Waals surface area contributed by atoms with E-state index in [1.54, 1.807) is 13.0 Å². The molecule has 1 aliphatic rings. The number of aliphatic imine (C=N–C) groups is 1. The molecule has 2 heterocycles. The number of carbonyl (C=O) groups is 1. The molecule has 1 saturated heterocycles. The Morgan fingerprint density at radius 2 is 2.00 bits per heavy atom. The second-order valence-corrected chi connectivity index (χ2v) is 7.62. The first kappa shape index (κ1) is 22.5. The standard InChI is InChI=1S/C24H25F2N3O2/c1-15(29-23(30)19-8-9-28-22(12-19)24(3,25)26)10-21(16(2)27-4)18-7-5-6-17(11-18)20-13-31-14-20/h5-12,20H,4,13-14H2,1-3H3,(H,29,30)/b15-10+,21-16+. The summed E-state index contributed by atoms with van der Waals surface area (Å²) >= 11 is 0. The fourth-order valence-electron chi connectivity index (χ4n) is 3.19. The molecule has 0 saturated carbocycles. The van der Waals surface area contributed by atoms with Crippen molar-refractivity contribution >= 4 is 18.2 Å². The van der Waals surface area contributed by atoms with E-state index in [4.69, 9.17) is 4.74 Å². The van der Waals surface area contributed by atoms with E-state index in [9.17, 15) is 13.6 Å². The summed E-state index contributed by atoms with van der Waals surface area (Å²) in [5.41, 5.74) is 3.83. The van der Waals surface area contributed by atoms with Gasteiger partial charge in [0, 0.05) is 41.6 Å². The molecular formula is C24H25F2N3O2. The fraction of sp³-hybridized carbons (Fsp3) is 0.292. The van der Waals surface area contributed by atoms with Crippen LogP contribution in [0.25, 0.3) is 5.57 Å². The van der Waals surface area contributed by atoms with Crippen molar-refractivity contribution in [3.8, 4) is 0 Å². The van der Waals surface area contributed by atoms with Gasteiger partial charge in [0.15, 0.2) is 0 Å². The molecule has 162 valence electrons. The van der Waals surface area contributed by atoms with Crippen LogP contribution in [0, 0.1) is 0 Å². The van der Waals surface area contributed by atoms with Crippen LogP contribution >= 0.6 is 0 Å². The Morgan fingerprint density at radius 3 is 2.61 bits per heavy atom. The number of pyridine rings is 1. The minimum absolute atomic E-state index is 0.107. The Labute approximate surface area is 180 Å². The number of rotatable bonds is 7. The lowest BCUT2D eigenvalue weighted by Gasteiger charge is -2.26. The summed E-state index contributed by atoms with van der Waals surface area (Å²) in [4.78, 5) is 20.3. The molecule has 1 N–H and O–H groups in total. The van der Waals surface area contributed by atoms with E-state index in [0.29, 0.717) is 30.5 Å². The summed E-state index contributed by atoms with van der Waals surface area (Å²) < 4.78 is 32.3. The van der Waals surface area contributed by atoms with Crippen molar-refractivity contribution < 1.29 is 18.3 Å². The number of aromatic nitrogens is 1. The number of nitrogens with zero attached hydrogens (tertiary/aromatic N) is 2. The Balaban J connectivity index is 1.85. The zero-order valence-electron chi connectivity index (χ0n) is 17.8. The first-order valence-corrected chi connectivity index (χ1v) is 9.88. The van der Waals surface area contributed by atoms with Crippen molar-refractivity contribution in [2.24, 2.45) is 4.99 Å². The number of hydrogen-bond acceptors (Lipinski definition) is 4. The molecule has 2 aromatic rings. The molecular weight excluding hydrogens is 400 g/mol. The van der Waals surface area contributed by atoms with Gasteiger partial charge in [-0.25, -0.2) is 0 Å². The van der Waals surface area contributed by atoms with Gasteiger partial charge in [-0.1, -0.05) is 24.3 Å². The molecule has 0 aliphatic carbocycles. The monoisotopic (exact) mass is 425 g/mol. The van der Waals surface area contributed by atoms with Crippen molar-refractivity contribution in [2.75, 3.05) is 13.2 Å². The molecule has 1 aromatic heterocycles. The van der Waals surface area contributed by atoms with Crippen LogP contribution in [-0.2, 0) is 10.7 Å². The van der Waals surface area contributed by atoms with Crippen LogP contribution in [0.15, 0.2) is 65.1 Å². The van der Waals surface area contributed by atoms with E-state index in [0.717, 1.165) is 24.1 Å². The van der Waals surface area contributed by atoms with E-state index < -0.39 is 17.5 Å². The van der Waals surface area contributed by atoms with Crippen molar-refractivity contribution in [3.63, 3.8) is 0 Å². The third-order valence-corrected chi connectivity index (χ3v) is 5.08. The SMILES string of the molecule is C=N/C(C)=C(\C=C(/C)NC(=O)c1ccnc(C(C)(F)F)c1)c1cccc(C2COC2)c1. The number of allylic oxidation sites excluding steroid dienone is 4. The quantitative estimate of drug-likeness (QED) is 0.497. The molecule has 1 aromatic carbocycles. The average molecular weight is 425 g/mol. The van der Waals surface area contributed by atoms with Gasteiger partial charge in [-0.3, -0.25) is 14.8 Å². The van der Waals surface area contributed by atoms with Crippen molar-refractivity contribution in [1.82, 2.24) is 10.3 Å². The number of alkyl halides is 2. The van der Waals surface area contributed by atoms with Gasteiger partial charge >= 0.3 is 0 Å². The molecule has 0 bridgehead atoms. The van der Waals surface area contributed by atoms with Crippen LogP contribution in [0.5, 0.6) is 0 Å². The largest absolute Gasteiger partial charge is 0.380 e. The Bertz CT molecular complexity index is 1050. The molecule has 3 rings (SSSR count). The summed E-state index contributed by atoms with van der Waals surface area (Å²) in [6.07, 6.45) is 3.00. The molecule has 5 nitrogen and oxygen atoms in total. The van der Waals surface area contributed by atoms with Crippen LogP contribution in [0.4, 0.5) is 8.78 Å². The number of halogens is 2. The second kappa shape index (κ2) is 9.31. The highest BCUT2D eigenvalue weighted by molar-refractivity contribution is 5.95. The molecule has 1 amide bonds. The topological polar surface area (TPSA) is 63.6 Å². The van der Waals surface area contributed by atoms with Crippen LogP contribution in [0.1, 0.15) is 53.9 Å². The maximum Gasteiger partial charge on any atom is 0.286 e. The number of amides is 1. The predicted octanol–water partition coefficient (Wildman–Crippen LogP) is 5.07. The average Bonchev–Trinajstić information content (AvgIpc) is 2.70. The third kappa shape index (κ3) is 5.49. The summed E-state index contributed by atoms with van der Waals surface area (Å²) in [6, 6.07) is 10.6. The minimum Gasteiger partial charge on any atom is -0.380 e. The van der Waals surface area contributed by atoms with Crippen LogP contribution < -0.4 is 5.32 Å². The molecule has 1 aliphatic heterocycles. The number of nitrogens with one attached hydrogen (secondary N) is 1. The van der Waals surface area contributed by atoms with Gasteiger partial charge in [0.1, 0.15) is 5.69 Å². The predicted molar refractivity (Wildman–Crippen MR) is 117 cm³/mol. The van der Waals surface area contributed by atoms with Gasteiger partial charge in [-0.05, 0) is 49.9 Å². The summed E-state index contributed by atoms with van der Waals surface area (Å²) in [6.45, 7) is 9.34. The lowest BCUT2D eigenvalue weighted by molar-refractivity contribution is 0.00841. The van der Waals surface area contributed by atoms with Gasteiger partial charge in [-0.2, -0.15) is 8.78 Å². The normalized spacial score (nSPS) is 15.7. The highest BCUT2D eigenvalue weighted by Gasteiger charge is 2.27. The van der Waals surface area contributed by atoms with Gasteiger partial charge in [0.25, 0.3) is 11.8 Å². The van der Waals surface area contributed by atoms with Crippen molar-refractivity contribution in [2.45, 2.75) is 32.6 Å². The van der Waals surface area contributed by atoms with Gasteiger partial charge in [0.05, 0.1) is 13.2 Å².